The molecule has 3 aromatic rings. The second-order valence-electron chi connectivity index (χ2n) is 10.4. The minimum atomic E-state index is -0.760. The number of halogens is 1. The Morgan fingerprint density at radius 1 is 1.00 bits per heavy atom. The third kappa shape index (κ3) is 7.43. The Bertz CT molecular complexity index is 1570. The third-order valence-electron chi connectivity index (χ3n) is 6.36. The van der Waals surface area contributed by atoms with Gasteiger partial charge < -0.3 is 19.3 Å². The van der Waals surface area contributed by atoms with Crippen LogP contribution in [0.25, 0.3) is 6.08 Å². The van der Waals surface area contributed by atoms with Crippen LogP contribution in [0.15, 0.2) is 88.0 Å². The molecule has 0 saturated heterocycles. The van der Waals surface area contributed by atoms with Gasteiger partial charge in [-0.05, 0) is 71.5 Å². The van der Waals surface area contributed by atoms with Crippen molar-refractivity contribution in [3.05, 3.63) is 110 Å². The normalized spacial score (nSPS) is 15.3. The molecule has 1 aliphatic heterocycles. The molecule has 0 aromatic heterocycles. The van der Waals surface area contributed by atoms with E-state index >= 15 is 0 Å². The quantitative estimate of drug-likeness (QED) is 0.261. The van der Waals surface area contributed by atoms with E-state index in [0.29, 0.717) is 39.2 Å². The average Bonchev–Trinajstić information content (AvgIpc) is 3.26. The van der Waals surface area contributed by atoms with Crippen molar-refractivity contribution in [3.63, 3.8) is 0 Å². The third-order valence-corrected chi connectivity index (χ3v) is 7.64. The van der Waals surface area contributed by atoms with Crippen LogP contribution in [-0.2, 0) is 21.6 Å². The fraction of sp³-hybridized carbons (Fsp3) is 0.242. The van der Waals surface area contributed by atoms with E-state index in [9.17, 15) is 14.7 Å². The highest BCUT2D eigenvalue weighted by Crippen LogP contribution is 2.40. The smallest absolute Gasteiger partial charge is 0.344 e. The summed E-state index contributed by atoms with van der Waals surface area (Å²) in [6.45, 7) is 8.35. The predicted octanol–water partition coefficient (Wildman–Crippen LogP) is 7.93. The number of hydrogen-bond acceptors (Lipinski definition) is 7. The molecule has 0 radical (unpaired) electrons. The topological polar surface area (TPSA) is 94.4 Å². The Balaban J connectivity index is 1.60. The van der Waals surface area contributed by atoms with Gasteiger partial charge in [0.1, 0.15) is 23.0 Å². The Hall–Kier alpha value is -4.01. The minimum Gasteiger partial charge on any atom is -0.506 e. The molecule has 42 heavy (non-hydrogen) atoms. The number of aliphatic hydroxyl groups excluding tert-OH is 1. The number of ether oxygens (including phenoxy) is 3. The Labute approximate surface area is 254 Å². The highest BCUT2D eigenvalue weighted by Gasteiger charge is 2.34. The van der Waals surface area contributed by atoms with E-state index in [-0.39, 0.29) is 28.4 Å². The SMILES string of the molecule is CCOC(=O)C1=C(O)C(=Cc2ccc(OCc3ccc(Cl)cc3)c(OC)c2)SC1=NC(=O)c1ccc(C(C)(C)C)cc1. The molecule has 3 aromatic carbocycles. The van der Waals surface area contributed by atoms with Crippen molar-refractivity contribution in [3.8, 4) is 11.5 Å². The first-order valence-corrected chi connectivity index (χ1v) is 14.5. The van der Waals surface area contributed by atoms with E-state index in [1.54, 1.807) is 55.5 Å². The van der Waals surface area contributed by atoms with Crippen LogP contribution in [0.2, 0.25) is 5.02 Å². The molecular formula is C33H32ClNO6S. The molecule has 9 heteroatoms. The molecule has 0 aliphatic carbocycles. The minimum absolute atomic E-state index is 0.0657. The number of carbonyl (C=O) groups excluding carboxylic acids is 2. The lowest BCUT2D eigenvalue weighted by atomic mass is 9.87. The van der Waals surface area contributed by atoms with Gasteiger partial charge in [-0.15, -0.1) is 0 Å². The van der Waals surface area contributed by atoms with Crippen LogP contribution >= 0.6 is 23.4 Å². The molecular weight excluding hydrogens is 574 g/mol. The van der Waals surface area contributed by atoms with Gasteiger partial charge in [0.2, 0.25) is 0 Å². The predicted molar refractivity (Wildman–Crippen MR) is 168 cm³/mol. The van der Waals surface area contributed by atoms with Gasteiger partial charge in [-0.2, -0.15) is 0 Å². The van der Waals surface area contributed by atoms with Gasteiger partial charge in [0.15, 0.2) is 11.5 Å². The van der Waals surface area contributed by atoms with E-state index < -0.39 is 11.9 Å². The van der Waals surface area contributed by atoms with Crippen molar-refractivity contribution in [2.45, 2.75) is 39.7 Å². The van der Waals surface area contributed by atoms with Crippen LogP contribution in [0.1, 0.15) is 54.7 Å². The second kappa shape index (κ2) is 13.3. The number of hydrogen-bond donors (Lipinski definition) is 1. The molecule has 0 unspecified atom stereocenters. The molecule has 0 bridgehead atoms. The fourth-order valence-corrected chi connectivity index (χ4v) is 5.19. The number of benzene rings is 3. The molecule has 1 amide bonds. The zero-order chi connectivity index (χ0) is 30.4. The van der Waals surface area contributed by atoms with Crippen molar-refractivity contribution >= 4 is 46.4 Å². The van der Waals surface area contributed by atoms with Crippen LogP contribution in [-0.4, -0.2) is 35.7 Å². The highest BCUT2D eigenvalue weighted by molar-refractivity contribution is 8.18. The maximum absolute atomic E-state index is 13.0. The number of aliphatic imine (C=N–C) groups is 1. The average molecular weight is 606 g/mol. The molecule has 4 rings (SSSR count). The van der Waals surface area contributed by atoms with Crippen molar-refractivity contribution in [1.82, 2.24) is 0 Å². The van der Waals surface area contributed by atoms with Crippen molar-refractivity contribution in [2.24, 2.45) is 4.99 Å². The van der Waals surface area contributed by atoms with Gasteiger partial charge in [-0.25, -0.2) is 9.79 Å². The summed E-state index contributed by atoms with van der Waals surface area (Å²) < 4.78 is 16.6. The summed E-state index contributed by atoms with van der Waals surface area (Å²) in [6, 6.07) is 19.8. The standard InChI is InChI=1S/C33H32ClNO6S/c1-6-40-32(38)28-29(36)27(42-31(28)35-30(37)22-10-12-23(13-11-22)33(2,3)4)18-21-9-16-25(26(17-21)39-5)41-19-20-7-14-24(34)15-8-20/h7-18,36H,6,19H2,1-5H3. The van der Waals surface area contributed by atoms with E-state index in [1.165, 1.54) is 7.11 Å². The maximum Gasteiger partial charge on any atom is 0.344 e. The number of methoxy groups -OCH3 is 1. The summed E-state index contributed by atoms with van der Waals surface area (Å²) >= 11 is 6.97. The molecule has 0 atom stereocenters. The van der Waals surface area contributed by atoms with Crippen LogP contribution in [0.4, 0.5) is 0 Å². The van der Waals surface area contributed by atoms with Crippen LogP contribution in [0.3, 0.4) is 0 Å². The lowest BCUT2D eigenvalue weighted by Gasteiger charge is -2.18. The number of carbonyl (C=O) groups is 2. The van der Waals surface area contributed by atoms with E-state index in [4.69, 9.17) is 25.8 Å². The summed E-state index contributed by atoms with van der Waals surface area (Å²) in [6.07, 6.45) is 1.68. The Morgan fingerprint density at radius 3 is 2.31 bits per heavy atom. The summed E-state index contributed by atoms with van der Waals surface area (Å²) in [5, 5.41) is 11.7. The van der Waals surface area contributed by atoms with Crippen LogP contribution in [0.5, 0.6) is 11.5 Å². The van der Waals surface area contributed by atoms with Gasteiger partial charge in [0.25, 0.3) is 5.91 Å². The van der Waals surface area contributed by atoms with Crippen LogP contribution < -0.4 is 9.47 Å². The molecule has 0 spiro atoms. The van der Waals surface area contributed by atoms with Gasteiger partial charge in [-0.1, -0.05) is 74.5 Å². The number of amides is 1. The molecule has 218 valence electrons. The van der Waals surface area contributed by atoms with E-state index in [1.807, 2.05) is 24.3 Å². The maximum atomic E-state index is 13.0. The van der Waals surface area contributed by atoms with E-state index in [0.717, 1.165) is 22.9 Å². The molecule has 1 aliphatic rings. The first-order chi connectivity index (χ1) is 20.0. The largest absolute Gasteiger partial charge is 0.506 e. The number of thioether (sulfide) groups is 1. The summed E-state index contributed by atoms with van der Waals surface area (Å²) in [4.78, 5) is 30.4. The Kier molecular flexibility index (Phi) is 9.81. The van der Waals surface area contributed by atoms with Crippen molar-refractivity contribution in [2.75, 3.05) is 13.7 Å². The molecule has 0 fully saturated rings. The van der Waals surface area contributed by atoms with E-state index in [2.05, 4.69) is 25.8 Å². The van der Waals surface area contributed by atoms with Crippen molar-refractivity contribution in [1.29, 1.82) is 0 Å². The number of rotatable bonds is 8. The monoisotopic (exact) mass is 605 g/mol. The van der Waals surface area contributed by atoms with Gasteiger partial charge in [0.05, 0.1) is 18.6 Å². The Morgan fingerprint density at radius 2 is 1.69 bits per heavy atom. The number of esters is 1. The lowest BCUT2D eigenvalue weighted by Crippen LogP contribution is -2.14. The lowest BCUT2D eigenvalue weighted by molar-refractivity contribution is -0.138. The van der Waals surface area contributed by atoms with Gasteiger partial charge in [-0.3, -0.25) is 4.79 Å². The van der Waals surface area contributed by atoms with Gasteiger partial charge >= 0.3 is 5.97 Å². The number of nitrogens with zero attached hydrogens (tertiary/aromatic N) is 1. The summed E-state index contributed by atoms with van der Waals surface area (Å²) in [5.74, 6) is -0.582. The zero-order valence-electron chi connectivity index (χ0n) is 24.1. The molecule has 0 saturated carbocycles. The molecule has 1 N–H and O–H groups in total. The van der Waals surface area contributed by atoms with Gasteiger partial charge in [0, 0.05) is 10.6 Å². The number of aliphatic hydroxyl groups is 1. The first-order valence-electron chi connectivity index (χ1n) is 13.3. The second-order valence-corrected chi connectivity index (χ2v) is 11.9. The van der Waals surface area contributed by atoms with Crippen LogP contribution in [0, 0.1) is 0 Å². The molecule has 1 heterocycles. The zero-order valence-corrected chi connectivity index (χ0v) is 25.6. The highest BCUT2D eigenvalue weighted by atomic mass is 35.5. The summed E-state index contributed by atoms with van der Waals surface area (Å²) in [7, 11) is 1.53. The summed E-state index contributed by atoms with van der Waals surface area (Å²) in [5.41, 5.74) is 2.85. The first kappa shape index (κ1) is 30.9. The fourth-order valence-electron chi connectivity index (χ4n) is 4.05. The van der Waals surface area contributed by atoms with Crippen molar-refractivity contribution < 1.29 is 28.9 Å². The molecule has 7 nitrogen and oxygen atoms in total.